The van der Waals surface area contributed by atoms with Gasteiger partial charge in [0, 0.05) is 27.1 Å². The lowest BCUT2D eigenvalue weighted by molar-refractivity contribution is -0.394. The molecule has 21 heavy (non-hydrogen) atoms. The zero-order valence-corrected chi connectivity index (χ0v) is 11.3. The molecule has 0 aliphatic carbocycles. The lowest BCUT2D eigenvalue weighted by Gasteiger charge is -2.00. The van der Waals surface area contributed by atoms with Crippen molar-refractivity contribution in [2.24, 2.45) is 0 Å². The minimum absolute atomic E-state index is 0.105. The van der Waals surface area contributed by atoms with E-state index in [2.05, 4.69) is 31.0 Å². The van der Waals surface area contributed by atoms with Gasteiger partial charge in [0.2, 0.25) is 0 Å². The molecule has 0 amide bonds. The number of carboxylic acid groups (broad SMARTS) is 1. The number of hydrogen-bond acceptors (Lipinski definition) is 8. The van der Waals surface area contributed by atoms with Gasteiger partial charge in [0.15, 0.2) is 5.82 Å². The van der Waals surface area contributed by atoms with Gasteiger partial charge in [-0.25, -0.2) is 9.78 Å². The predicted molar refractivity (Wildman–Crippen MR) is 67.1 cm³/mol. The molecule has 2 rings (SSSR count). The summed E-state index contributed by atoms with van der Waals surface area (Å²) in [5.74, 6) is -2.46. The number of nitro groups is 2. The van der Waals surface area contributed by atoms with E-state index >= 15 is 0 Å². The Morgan fingerprint density at radius 3 is 2.48 bits per heavy atom. The predicted octanol–water partition coefficient (Wildman–Crippen LogP) is 0.939. The Labute approximate surface area is 122 Å². The first kappa shape index (κ1) is 14.4. The molecule has 13 heteroatoms. The van der Waals surface area contributed by atoms with Gasteiger partial charge in [-0.05, 0) is 9.91 Å². The van der Waals surface area contributed by atoms with Crippen LogP contribution in [0.25, 0.3) is 5.82 Å². The highest BCUT2D eigenvalue weighted by Crippen LogP contribution is 2.22. The minimum atomic E-state index is -1.55. The van der Waals surface area contributed by atoms with Crippen LogP contribution in [0.3, 0.4) is 0 Å². The van der Waals surface area contributed by atoms with E-state index < -0.39 is 33.0 Å². The summed E-state index contributed by atoms with van der Waals surface area (Å²) >= 11 is 2.89. The molecule has 1 N–H and O–H groups in total. The molecule has 0 spiro atoms. The number of carbonyl (C=O) groups is 1. The van der Waals surface area contributed by atoms with E-state index in [-0.39, 0.29) is 10.6 Å². The van der Waals surface area contributed by atoms with Crippen LogP contribution in [0, 0.1) is 20.2 Å². The van der Waals surface area contributed by atoms with E-state index in [9.17, 15) is 25.0 Å². The zero-order chi connectivity index (χ0) is 15.7. The Bertz CT molecular complexity index is 773. The van der Waals surface area contributed by atoms with Crippen LogP contribution in [0.1, 0.15) is 10.4 Å². The molecule has 0 atom stereocenters. The fraction of sp³-hybridized carbons (Fsp3) is 0. The SMILES string of the molecule is O=C(O)c1cc(-n2nc([N+](=O)[O-])nc2Br)ncc1[N+](=O)[O-]. The Balaban J connectivity index is 2.60. The summed E-state index contributed by atoms with van der Waals surface area (Å²) < 4.78 is 0.737. The van der Waals surface area contributed by atoms with Crippen LogP contribution < -0.4 is 0 Å². The summed E-state index contributed by atoms with van der Waals surface area (Å²) in [6, 6.07) is 0.865. The maximum Gasteiger partial charge on any atom is 0.492 e. The van der Waals surface area contributed by atoms with Crippen LogP contribution in [0.2, 0.25) is 0 Å². The van der Waals surface area contributed by atoms with E-state index in [1.807, 2.05) is 0 Å². The summed E-state index contributed by atoms with van der Waals surface area (Å²) in [5, 5.41) is 33.7. The third-order valence-corrected chi connectivity index (χ3v) is 2.75. The normalized spacial score (nSPS) is 10.3. The highest BCUT2D eigenvalue weighted by atomic mass is 79.9. The van der Waals surface area contributed by atoms with E-state index in [1.54, 1.807) is 0 Å². The maximum absolute atomic E-state index is 11.0. The Kier molecular flexibility index (Phi) is 3.58. The molecule has 2 heterocycles. The van der Waals surface area contributed by atoms with Gasteiger partial charge in [-0.1, -0.05) is 0 Å². The first-order valence-electron chi connectivity index (χ1n) is 4.96. The molecule has 2 aromatic heterocycles. The van der Waals surface area contributed by atoms with E-state index in [0.717, 1.165) is 16.9 Å². The first-order valence-corrected chi connectivity index (χ1v) is 5.75. The van der Waals surface area contributed by atoms with Crippen molar-refractivity contribution in [2.75, 3.05) is 0 Å². The number of nitrogens with zero attached hydrogens (tertiary/aromatic N) is 6. The molecule has 0 aliphatic rings. The van der Waals surface area contributed by atoms with Crippen molar-refractivity contribution < 1.29 is 19.7 Å². The molecule has 0 fully saturated rings. The average molecular weight is 359 g/mol. The number of carboxylic acids is 1. The van der Waals surface area contributed by atoms with E-state index in [1.165, 1.54) is 0 Å². The molecular weight excluding hydrogens is 356 g/mol. The summed E-state index contributed by atoms with van der Waals surface area (Å²) in [6.07, 6.45) is 0.721. The molecule has 12 nitrogen and oxygen atoms in total. The fourth-order valence-corrected chi connectivity index (χ4v) is 1.80. The Morgan fingerprint density at radius 2 is 2.00 bits per heavy atom. The highest BCUT2D eigenvalue weighted by Gasteiger charge is 2.26. The number of aromatic carboxylic acids is 1. The third-order valence-electron chi connectivity index (χ3n) is 2.23. The molecule has 0 saturated carbocycles. The van der Waals surface area contributed by atoms with Crippen molar-refractivity contribution in [3.05, 3.63) is 42.8 Å². The van der Waals surface area contributed by atoms with Gasteiger partial charge in [-0.15, -0.1) is 4.68 Å². The van der Waals surface area contributed by atoms with Crippen LogP contribution in [0.4, 0.5) is 11.6 Å². The molecule has 0 aromatic carbocycles. The smallest absolute Gasteiger partial charge is 0.477 e. The number of halogens is 1. The van der Waals surface area contributed by atoms with Gasteiger partial charge in [-0.2, -0.15) is 0 Å². The summed E-state index contributed by atoms with van der Waals surface area (Å²) in [7, 11) is 0. The summed E-state index contributed by atoms with van der Waals surface area (Å²) in [6.45, 7) is 0. The van der Waals surface area contributed by atoms with Gasteiger partial charge in [0.1, 0.15) is 11.8 Å². The van der Waals surface area contributed by atoms with Crippen molar-refractivity contribution in [1.29, 1.82) is 0 Å². The van der Waals surface area contributed by atoms with Gasteiger partial charge in [-0.3, -0.25) is 10.1 Å². The van der Waals surface area contributed by atoms with Gasteiger partial charge >= 0.3 is 17.6 Å². The monoisotopic (exact) mass is 358 g/mol. The first-order chi connectivity index (χ1) is 9.81. The Hall–Kier alpha value is -2.96. The number of aromatic nitrogens is 4. The van der Waals surface area contributed by atoms with E-state index in [0.29, 0.717) is 0 Å². The fourth-order valence-electron chi connectivity index (χ4n) is 1.38. The summed E-state index contributed by atoms with van der Waals surface area (Å²) in [4.78, 5) is 37.6. The van der Waals surface area contributed by atoms with E-state index in [4.69, 9.17) is 5.11 Å². The van der Waals surface area contributed by atoms with Crippen molar-refractivity contribution in [2.45, 2.75) is 0 Å². The standard InChI is InChI=1S/C8H3BrN6O6/c9-7-11-8(15(20)21)12-13(7)5-1-3(6(16)17)4(2-10-5)14(18)19/h1-2H,(H,16,17). The van der Waals surface area contributed by atoms with Gasteiger partial charge in [0.05, 0.1) is 4.92 Å². The molecule has 2 aromatic rings. The second-order valence-corrected chi connectivity index (χ2v) is 4.18. The van der Waals surface area contributed by atoms with Crippen LogP contribution in [0.5, 0.6) is 0 Å². The molecule has 0 saturated heterocycles. The molecular formula is C8H3BrN6O6. The zero-order valence-electron chi connectivity index (χ0n) is 9.70. The number of rotatable bonds is 4. The van der Waals surface area contributed by atoms with Crippen molar-refractivity contribution in [3.63, 3.8) is 0 Å². The van der Waals surface area contributed by atoms with Gasteiger partial charge < -0.3 is 15.2 Å². The lowest BCUT2D eigenvalue weighted by Crippen LogP contribution is -2.08. The highest BCUT2D eigenvalue weighted by molar-refractivity contribution is 9.10. The van der Waals surface area contributed by atoms with Crippen molar-refractivity contribution in [3.8, 4) is 5.82 Å². The largest absolute Gasteiger partial charge is 0.492 e. The lowest BCUT2D eigenvalue weighted by atomic mass is 10.2. The molecule has 0 bridgehead atoms. The van der Waals surface area contributed by atoms with Crippen LogP contribution in [-0.4, -0.2) is 40.7 Å². The third kappa shape index (κ3) is 2.66. The molecule has 0 radical (unpaired) electrons. The number of hydrogen-bond donors (Lipinski definition) is 1. The second kappa shape index (κ2) is 5.20. The summed E-state index contributed by atoms with van der Waals surface area (Å²) in [5.41, 5.74) is -1.34. The molecule has 108 valence electrons. The minimum Gasteiger partial charge on any atom is -0.477 e. The van der Waals surface area contributed by atoms with Crippen LogP contribution in [-0.2, 0) is 0 Å². The number of pyridine rings is 1. The van der Waals surface area contributed by atoms with Gasteiger partial charge in [0.25, 0.3) is 4.73 Å². The van der Waals surface area contributed by atoms with Crippen molar-refractivity contribution >= 4 is 33.5 Å². The molecule has 0 unspecified atom stereocenters. The molecule has 0 aliphatic heterocycles. The van der Waals surface area contributed by atoms with Crippen molar-refractivity contribution in [1.82, 2.24) is 19.7 Å². The Morgan fingerprint density at radius 1 is 1.33 bits per heavy atom. The average Bonchev–Trinajstić information content (AvgIpc) is 2.80. The van der Waals surface area contributed by atoms with Crippen LogP contribution in [0.15, 0.2) is 17.0 Å². The maximum atomic E-state index is 11.0. The quantitative estimate of drug-likeness (QED) is 0.617. The topological polar surface area (TPSA) is 167 Å². The van der Waals surface area contributed by atoms with Crippen LogP contribution >= 0.6 is 15.9 Å². The second-order valence-electron chi connectivity index (χ2n) is 3.47.